The molecule has 0 fully saturated rings. The first-order chi connectivity index (χ1) is 14.2. The molecule has 0 aromatic heterocycles. The van der Waals surface area contributed by atoms with Crippen LogP contribution in [0.1, 0.15) is 5.56 Å². The number of amides is 3. The van der Waals surface area contributed by atoms with Crippen LogP contribution in [0.4, 0.5) is 0 Å². The zero-order valence-electron chi connectivity index (χ0n) is 16.0. The van der Waals surface area contributed by atoms with Crippen LogP contribution < -0.4 is 21.7 Å². The summed E-state index contributed by atoms with van der Waals surface area (Å²) >= 11 is 8.03. The summed E-state index contributed by atoms with van der Waals surface area (Å²) in [6.07, 6.45) is 0.0590. The van der Waals surface area contributed by atoms with Crippen molar-refractivity contribution >= 4 is 48.9 Å². The molecule has 10 nitrogen and oxygen atoms in total. The summed E-state index contributed by atoms with van der Waals surface area (Å²) in [4.78, 5) is 48.2. The molecule has 30 heavy (non-hydrogen) atoms. The van der Waals surface area contributed by atoms with Gasteiger partial charge in [0, 0.05) is 17.9 Å². The van der Waals surface area contributed by atoms with Crippen molar-refractivity contribution in [3.05, 3.63) is 35.9 Å². The van der Waals surface area contributed by atoms with Gasteiger partial charge >= 0.3 is 5.97 Å². The van der Waals surface area contributed by atoms with Gasteiger partial charge in [-0.25, -0.2) is 4.79 Å². The van der Waals surface area contributed by atoms with E-state index in [0.29, 0.717) is 0 Å². The number of rotatable bonds is 12. The number of hydrogen-bond acceptors (Lipinski definition) is 8. The lowest BCUT2D eigenvalue weighted by molar-refractivity contribution is -0.142. The number of carboxylic acids is 1. The minimum Gasteiger partial charge on any atom is -0.480 e. The predicted octanol–water partition coefficient (Wildman–Crippen LogP) is -2.05. The van der Waals surface area contributed by atoms with Crippen molar-refractivity contribution < 1.29 is 29.4 Å². The highest BCUT2D eigenvalue weighted by atomic mass is 32.1. The van der Waals surface area contributed by atoms with Crippen molar-refractivity contribution in [1.82, 2.24) is 16.0 Å². The second kappa shape index (κ2) is 13.1. The highest BCUT2D eigenvalue weighted by Crippen LogP contribution is 2.04. The lowest BCUT2D eigenvalue weighted by atomic mass is 10.1. The van der Waals surface area contributed by atoms with Crippen LogP contribution in [0.3, 0.4) is 0 Å². The number of benzene rings is 1. The highest BCUT2D eigenvalue weighted by molar-refractivity contribution is 7.80. The van der Waals surface area contributed by atoms with Gasteiger partial charge in [0.05, 0.1) is 6.61 Å². The standard InChI is InChI=1S/C18H26N4O6S2/c19-11(7-23)15(24)21-13(8-29)17(26)22-14(9-30)16(25)20-12(18(27)28)6-10-4-2-1-3-5-10/h1-5,11-14,23,29-30H,6-9,19H2,(H,20,25)(H,21,24)(H,22,26)(H,27,28). The normalized spacial score (nSPS) is 14.7. The third kappa shape index (κ3) is 8.22. The summed E-state index contributed by atoms with van der Waals surface area (Å²) in [6.45, 7) is -0.605. The van der Waals surface area contributed by atoms with Crippen LogP contribution in [0.2, 0.25) is 0 Å². The van der Waals surface area contributed by atoms with Crippen LogP contribution in [-0.2, 0) is 25.6 Å². The minimum absolute atomic E-state index is 0.0590. The second-order valence-corrected chi connectivity index (χ2v) is 7.10. The van der Waals surface area contributed by atoms with Crippen molar-refractivity contribution in [1.29, 1.82) is 0 Å². The SMILES string of the molecule is NC(CO)C(=O)NC(CS)C(=O)NC(CS)C(=O)NC(Cc1ccccc1)C(=O)O. The molecular weight excluding hydrogens is 432 g/mol. The van der Waals surface area contributed by atoms with E-state index in [0.717, 1.165) is 5.56 Å². The molecule has 4 atom stereocenters. The van der Waals surface area contributed by atoms with Crippen LogP contribution in [0, 0.1) is 0 Å². The molecule has 4 unspecified atom stereocenters. The number of aliphatic hydroxyl groups excluding tert-OH is 1. The lowest BCUT2D eigenvalue weighted by Crippen LogP contribution is -2.58. The van der Waals surface area contributed by atoms with E-state index in [1.165, 1.54) is 0 Å². The molecule has 0 aliphatic carbocycles. The molecule has 7 N–H and O–H groups in total. The number of aliphatic carboxylic acids is 1. The van der Waals surface area contributed by atoms with Crippen molar-refractivity contribution in [2.24, 2.45) is 5.73 Å². The molecule has 12 heteroatoms. The number of carbonyl (C=O) groups is 4. The Labute approximate surface area is 184 Å². The number of carboxylic acid groups (broad SMARTS) is 1. The van der Waals surface area contributed by atoms with Gasteiger partial charge in [-0.05, 0) is 5.56 Å². The topological polar surface area (TPSA) is 171 Å². The Balaban J connectivity index is 2.76. The van der Waals surface area contributed by atoms with Crippen LogP contribution in [0.25, 0.3) is 0 Å². The highest BCUT2D eigenvalue weighted by Gasteiger charge is 2.29. The molecule has 0 aliphatic rings. The zero-order chi connectivity index (χ0) is 22.7. The Morgan fingerprint density at radius 2 is 1.33 bits per heavy atom. The number of hydrogen-bond donors (Lipinski definition) is 8. The Hall–Kier alpha value is -2.28. The van der Waals surface area contributed by atoms with Crippen LogP contribution in [0.15, 0.2) is 30.3 Å². The average molecular weight is 459 g/mol. The van der Waals surface area contributed by atoms with E-state index in [1.54, 1.807) is 30.3 Å². The van der Waals surface area contributed by atoms with Gasteiger partial charge in [-0.15, -0.1) is 0 Å². The first kappa shape index (κ1) is 25.8. The summed E-state index contributed by atoms with van der Waals surface area (Å²) in [5.74, 6) is -3.66. The van der Waals surface area contributed by atoms with E-state index < -0.39 is 54.5 Å². The van der Waals surface area contributed by atoms with E-state index in [1.807, 2.05) is 0 Å². The summed E-state index contributed by atoms with van der Waals surface area (Å²) < 4.78 is 0. The molecule has 0 bridgehead atoms. The smallest absolute Gasteiger partial charge is 0.326 e. The molecule has 166 valence electrons. The third-order valence-corrected chi connectivity index (χ3v) is 4.79. The average Bonchev–Trinajstić information content (AvgIpc) is 2.74. The molecule has 0 spiro atoms. The maximum Gasteiger partial charge on any atom is 0.326 e. The lowest BCUT2D eigenvalue weighted by Gasteiger charge is -2.23. The fourth-order valence-electron chi connectivity index (χ4n) is 2.34. The van der Waals surface area contributed by atoms with E-state index in [9.17, 15) is 24.3 Å². The second-order valence-electron chi connectivity index (χ2n) is 6.37. The Bertz CT molecular complexity index is 737. The quantitative estimate of drug-likeness (QED) is 0.167. The van der Waals surface area contributed by atoms with Crippen LogP contribution >= 0.6 is 25.3 Å². The summed E-state index contributed by atoms with van der Waals surface area (Å²) in [6, 6.07) is 4.07. The molecule has 0 saturated carbocycles. The number of nitrogens with one attached hydrogen (secondary N) is 3. The zero-order valence-corrected chi connectivity index (χ0v) is 17.8. The van der Waals surface area contributed by atoms with Gasteiger partial charge in [0.2, 0.25) is 17.7 Å². The van der Waals surface area contributed by atoms with Crippen LogP contribution in [0.5, 0.6) is 0 Å². The van der Waals surface area contributed by atoms with E-state index in [-0.39, 0.29) is 17.9 Å². The third-order valence-electron chi connectivity index (χ3n) is 4.06. The van der Waals surface area contributed by atoms with Gasteiger partial charge < -0.3 is 31.9 Å². The number of nitrogens with two attached hydrogens (primary N) is 1. The van der Waals surface area contributed by atoms with Gasteiger partial charge in [0.15, 0.2) is 0 Å². The van der Waals surface area contributed by atoms with Gasteiger partial charge in [-0.2, -0.15) is 25.3 Å². The first-order valence-electron chi connectivity index (χ1n) is 8.99. The summed E-state index contributed by atoms with van der Waals surface area (Å²) in [7, 11) is 0. The molecule has 1 rings (SSSR count). The number of thiol groups is 2. The van der Waals surface area contributed by atoms with E-state index in [4.69, 9.17) is 10.8 Å². The molecular formula is C18H26N4O6S2. The fraction of sp³-hybridized carbons (Fsp3) is 0.444. The van der Waals surface area contributed by atoms with Crippen molar-refractivity contribution in [2.45, 2.75) is 30.6 Å². The molecule has 1 aromatic rings. The van der Waals surface area contributed by atoms with Crippen molar-refractivity contribution in [3.63, 3.8) is 0 Å². The molecule has 0 radical (unpaired) electrons. The largest absolute Gasteiger partial charge is 0.480 e. The van der Waals surface area contributed by atoms with Gasteiger partial charge in [0.1, 0.15) is 24.2 Å². The Kier molecular flexibility index (Phi) is 11.3. The number of carbonyl (C=O) groups excluding carboxylic acids is 3. The fourth-order valence-corrected chi connectivity index (χ4v) is 2.86. The first-order valence-corrected chi connectivity index (χ1v) is 10.3. The maximum absolute atomic E-state index is 12.5. The summed E-state index contributed by atoms with van der Waals surface area (Å²) in [5.41, 5.74) is 6.11. The Morgan fingerprint density at radius 3 is 1.77 bits per heavy atom. The molecule has 0 aliphatic heterocycles. The predicted molar refractivity (Wildman–Crippen MR) is 116 cm³/mol. The van der Waals surface area contributed by atoms with E-state index in [2.05, 4.69) is 41.2 Å². The maximum atomic E-state index is 12.5. The molecule has 1 aromatic carbocycles. The molecule has 0 saturated heterocycles. The minimum atomic E-state index is -1.23. The molecule has 0 heterocycles. The Morgan fingerprint density at radius 1 is 0.867 bits per heavy atom. The van der Waals surface area contributed by atoms with Crippen molar-refractivity contribution in [3.8, 4) is 0 Å². The van der Waals surface area contributed by atoms with Crippen molar-refractivity contribution in [2.75, 3.05) is 18.1 Å². The van der Waals surface area contributed by atoms with Gasteiger partial charge in [-0.3, -0.25) is 14.4 Å². The molecule has 3 amide bonds. The van der Waals surface area contributed by atoms with E-state index >= 15 is 0 Å². The van der Waals surface area contributed by atoms with Gasteiger partial charge in [-0.1, -0.05) is 30.3 Å². The monoisotopic (exact) mass is 458 g/mol. The van der Waals surface area contributed by atoms with Crippen LogP contribution in [-0.4, -0.2) is 76.2 Å². The number of aliphatic hydroxyl groups is 1. The summed E-state index contributed by atoms with van der Waals surface area (Å²) in [5, 5.41) is 25.4. The van der Waals surface area contributed by atoms with Gasteiger partial charge in [0.25, 0.3) is 0 Å².